The second-order valence-electron chi connectivity index (χ2n) is 7.89. The molecule has 1 heterocycles. The van der Waals surface area contributed by atoms with Gasteiger partial charge in [-0.1, -0.05) is 23.7 Å². The van der Waals surface area contributed by atoms with E-state index in [9.17, 15) is 18.8 Å². The average Bonchev–Trinajstić information content (AvgIpc) is 2.81. The van der Waals surface area contributed by atoms with Gasteiger partial charge in [0.25, 0.3) is 0 Å². The van der Waals surface area contributed by atoms with Gasteiger partial charge in [0.1, 0.15) is 6.04 Å². The zero-order valence-electron chi connectivity index (χ0n) is 19.3. The summed E-state index contributed by atoms with van der Waals surface area (Å²) >= 11 is 5.95. The van der Waals surface area contributed by atoms with E-state index in [-0.39, 0.29) is 30.0 Å². The lowest BCUT2D eigenvalue weighted by atomic mass is 10.2. The fourth-order valence-electron chi connectivity index (χ4n) is 3.18. The third kappa shape index (κ3) is 6.46. The largest absolute Gasteiger partial charge is 0.488 e. The third-order valence-corrected chi connectivity index (χ3v) is 5.09. The molecule has 0 saturated carbocycles. The fraction of sp³-hybridized carbons (Fsp3) is 0.304. The molecule has 0 aliphatic rings. The van der Waals surface area contributed by atoms with Crippen molar-refractivity contribution in [1.29, 1.82) is 0 Å². The van der Waals surface area contributed by atoms with Crippen LogP contribution in [0.1, 0.15) is 19.4 Å². The van der Waals surface area contributed by atoms with Crippen LogP contribution in [-0.2, 0) is 22.6 Å². The second kappa shape index (κ2) is 11.2. The number of esters is 1. The molecular weight excluding hydrogens is 481 g/mol. The summed E-state index contributed by atoms with van der Waals surface area (Å²) in [4.78, 5) is 41.6. The standard InChI is InChI=1S/C23H25ClFN5O5/c1-13(2)35-19-9-8-16(10-17(19)25)27-21-28-22(32)30(12-18(26)20(31)34-3)23(33)29(21)11-14-4-6-15(24)7-5-14/h4-10,13,18H,11-12,26H2,1-3H3,(H,27,28,32)/t18-/m1/s1. The number of carbonyl (C=O) groups is 1. The Morgan fingerprint density at radius 2 is 1.86 bits per heavy atom. The van der Waals surface area contributed by atoms with Crippen LogP contribution < -0.4 is 27.2 Å². The lowest BCUT2D eigenvalue weighted by Gasteiger charge is -2.17. The number of halogens is 2. The SMILES string of the molecule is COC(=O)[C@H](N)Cn1c(=O)nc(Nc2ccc(OC(C)C)c(F)c2)n(Cc2ccc(Cl)cc2)c1=O. The highest BCUT2D eigenvalue weighted by atomic mass is 35.5. The Bertz CT molecular complexity index is 1320. The summed E-state index contributed by atoms with van der Waals surface area (Å²) in [6.45, 7) is 3.10. The van der Waals surface area contributed by atoms with Crippen LogP contribution in [0.4, 0.5) is 16.0 Å². The maximum atomic E-state index is 14.5. The molecule has 0 saturated heterocycles. The molecule has 186 valence electrons. The molecule has 0 bridgehead atoms. The minimum absolute atomic E-state index is 0.00386. The minimum Gasteiger partial charge on any atom is -0.488 e. The summed E-state index contributed by atoms with van der Waals surface area (Å²) in [6, 6.07) is 9.56. The Hall–Kier alpha value is -3.70. The van der Waals surface area contributed by atoms with Crippen LogP contribution in [0.15, 0.2) is 52.1 Å². The molecule has 3 aromatic rings. The Morgan fingerprint density at radius 3 is 2.46 bits per heavy atom. The number of ether oxygens (including phenoxy) is 2. The molecule has 0 fully saturated rings. The average molecular weight is 506 g/mol. The normalized spacial score (nSPS) is 11.9. The Kier molecular flexibility index (Phi) is 8.26. The van der Waals surface area contributed by atoms with E-state index in [4.69, 9.17) is 22.1 Å². The van der Waals surface area contributed by atoms with Crippen molar-refractivity contribution >= 4 is 29.2 Å². The zero-order chi connectivity index (χ0) is 25.7. The number of methoxy groups -OCH3 is 1. The van der Waals surface area contributed by atoms with E-state index in [1.165, 1.54) is 16.7 Å². The van der Waals surface area contributed by atoms with Gasteiger partial charge in [0, 0.05) is 16.8 Å². The monoisotopic (exact) mass is 505 g/mol. The molecule has 3 rings (SSSR count). The molecule has 3 N–H and O–H groups in total. The highest BCUT2D eigenvalue weighted by Crippen LogP contribution is 2.24. The van der Waals surface area contributed by atoms with Crippen LogP contribution in [0.5, 0.6) is 5.75 Å². The van der Waals surface area contributed by atoms with Crippen LogP contribution in [-0.4, -0.2) is 39.3 Å². The minimum atomic E-state index is -1.25. The topological polar surface area (TPSA) is 130 Å². The predicted molar refractivity (Wildman–Crippen MR) is 129 cm³/mol. The summed E-state index contributed by atoms with van der Waals surface area (Å²) in [5.74, 6) is -1.49. The molecule has 0 aliphatic heterocycles. The van der Waals surface area contributed by atoms with Crippen molar-refractivity contribution in [3.63, 3.8) is 0 Å². The van der Waals surface area contributed by atoms with E-state index in [0.29, 0.717) is 10.6 Å². The van der Waals surface area contributed by atoms with Crippen molar-refractivity contribution in [2.45, 2.75) is 39.1 Å². The van der Waals surface area contributed by atoms with Crippen molar-refractivity contribution in [2.24, 2.45) is 5.73 Å². The Balaban J connectivity index is 2.04. The van der Waals surface area contributed by atoms with Crippen molar-refractivity contribution in [2.75, 3.05) is 12.4 Å². The lowest BCUT2D eigenvalue weighted by Crippen LogP contribution is -2.48. The molecular formula is C23H25ClFN5O5. The summed E-state index contributed by atoms with van der Waals surface area (Å²) in [7, 11) is 1.14. The first kappa shape index (κ1) is 25.9. The quantitative estimate of drug-likeness (QED) is 0.423. The van der Waals surface area contributed by atoms with Gasteiger partial charge in [-0.25, -0.2) is 18.5 Å². The molecule has 1 atom stereocenters. The predicted octanol–water partition coefficient (Wildman–Crippen LogP) is 2.28. The summed E-state index contributed by atoms with van der Waals surface area (Å²) in [5, 5.41) is 3.32. The van der Waals surface area contributed by atoms with Crippen LogP contribution >= 0.6 is 11.6 Å². The van der Waals surface area contributed by atoms with Gasteiger partial charge < -0.3 is 20.5 Å². The van der Waals surface area contributed by atoms with Crippen molar-refractivity contribution in [3.05, 3.63) is 79.8 Å². The molecule has 12 heteroatoms. The molecule has 0 aliphatic carbocycles. The zero-order valence-corrected chi connectivity index (χ0v) is 20.1. The summed E-state index contributed by atoms with van der Waals surface area (Å²) < 4.78 is 26.4. The van der Waals surface area contributed by atoms with Crippen LogP contribution in [0.3, 0.4) is 0 Å². The Morgan fingerprint density at radius 1 is 1.17 bits per heavy atom. The van der Waals surface area contributed by atoms with E-state index in [2.05, 4.69) is 15.0 Å². The van der Waals surface area contributed by atoms with Gasteiger partial charge in [-0.3, -0.25) is 9.36 Å². The van der Waals surface area contributed by atoms with Crippen molar-refractivity contribution in [1.82, 2.24) is 14.1 Å². The maximum absolute atomic E-state index is 14.5. The number of anilines is 2. The van der Waals surface area contributed by atoms with Gasteiger partial charge >= 0.3 is 17.3 Å². The summed E-state index contributed by atoms with van der Waals surface area (Å²) in [5.41, 5.74) is 4.94. The first-order valence-corrected chi connectivity index (χ1v) is 11.0. The molecule has 0 unspecified atom stereocenters. The molecule has 2 aromatic carbocycles. The van der Waals surface area contributed by atoms with Gasteiger partial charge in [-0.05, 0) is 43.7 Å². The smallest absolute Gasteiger partial charge is 0.355 e. The van der Waals surface area contributed by atoms with Crippen LogP contribution in [0.2, 0.25) is 5.02 Å². The van der Waals surface area contributed by atoms with Gasteiger partial charge in [0.2, 0.25) is 5.95 Å². The van der Waals surface area contributed by atoms with Gasteiger partial charge in [0.15, 0.2) is 11.6 Å². The number of nitrogens with zero attached hydrogens (tertiary/aromatic N) is 3. The number of hydrogen-bond donors (Lipinski definition) is 2. The number of rotatable bonds is 9. The van der Waals surface area contributed by atoms with E-state index < -0.39 is 35.8 Å². The first-order valence-electron chi connectivity index (χ1n) is 10.6. The molecule has 0 spiro atoms. The van der Waals surface area contributed by atoms with Gasteiger partial charge in [-0.15, -0.1) is 0 Å². The third-order valence-electron chi connectivity index (χ3n) is 4.84. The van der Waals surface area contributed by atoms with Crippen LogP contribution in [0.25, 0.3) is 0 Å². The highest BCUT2D eigenvalue weighted by molar-refractivity contribution is 6.30. The van der Waals surface area contributed by atoms with Crippen molar-refractivity contribution in [3.8, 4) is 5.75 Å². The Labute approximate surface area is 205 Å². The number of nitrogens with one attached hydrogen (secondary N) is 1. The van der Waals surface area contributed by atoms with Crippen LogP contribution in [0, 0.1) is 5.82 Å². The molecule has 10 nitrogen and oxygen atoms in total. The van der Waals surface area contributed by atoms with Gasteiger partial charge in [-0.2, -0.15) is 4.98 Å². The van der Waals surface area contributed by atoms with Gasteiger partial charge in [0.05, 0.1) is 26.3 Å². The molecule has 0 amide bonds. The lowest BCUT2D eigenvalue weighted by molar-refractivity contribution is -0.142. The van der Waals surface area contributed by atoms with E-state index in [0.717, 1.165) is 17.7 Å². The number of carbonyl (C=O) groups excluding carboxylic acids is 1. The van der Waals surface area contributed by atoms with E-state index in [1.807, 2.05) is 0 Å². The van der Waals surface area contributed by atoms with E-state index in [1.54, 1.807) is 38.1 Å². The number of nitrogens with two attached hydrogens (primary N) is 1. The highest BCUT2D eigenvalue weighted by Gasteiger charge is 2.20. The van der Waals surface area contributed by atoms with Crippen molar-refractivity contribution < 1.29 is 18.7 Å². The number of aromatic nitrogens is 3. The first-order chi connectivity index (χ1) is 16.6. The van der Waals surface area contributed by atoms with E-state index >= 15 is 0 Å². The fourth-order valence-corrected chi connectivity index (χ4v) is 3.30. The number of benzene rings is 2. The second-order valence-corrected chi connectivity index (χ2v) is 8.33. The summed E-state index contributed by atoms with van der Waals surface area (Å²) in [6.07, 6.45) is -0.224. The molecule has 1 aromatic heterocycles. The molecule has 0 radical (unpaired) electrons. The number of hydrogen-bond acceptors (Lipinski definition) is 8. The maximum Gasteiger partial charge on any atom is 0.355 e. The molecule has 35 heavy (non-hydrogen) atoms.